The van der Waals surface area contributed by atoms with Gasteiger partial charge in [0.25, 0.3) is 0 Å². The van der Waals surface area contributed by atoms with Crippen molar-refractivity contribution in [3.8, 4) is 0 Å². The van der Waals surface area contributed by atoms with Crippen molar-refractivity contribution in [3.05, 3.63) is 0 Å². The number of rotatable bonds is 0. The second-order valence-corrected chi connectivity index (χ2v) is 16.1. The number of thioether (sulfide) groups is 8. The molecule has 2 rings (SSSR count). The maximum atomic E-state index is 2.14. The molecule has 0 saturated carbocycles. The van der Waals surface area contributed by atoms with Gasteiger partial charge in [-0.15, -0.1) is 0 Å². The molecule has 0 aromatic rings. The van der Waals surface area contributed by atoms with Crippen LogP contribution in [0.25, 0.3) is 0 Å². The first-order valence-electron chi connectivity index (χ1n) is 10.6. The molecule has 2 heterocycles. The topological polar surface area (TPSA) is 0 Å². The fraction of sp³-hybridized carbons (Fsp3) is 1.00. The second kappa shape index (κ2) is 99.1. The summed E-state index contributed by atoms with van der Waals surface area (Å²) >= 11 is 17.1. The van der Waals surface area contributed by atoms with Crippen LogP contribution >= 0.6 is 94.1 Å². The monoisotopic (exact) mass is 1420 g/mol. The summed E-state index contributed by atoms with van der Waals surface area (Å²) in [6.07, 6.45) is 5.63. The number of hydrogen-bond donors (Lipinski definition) is 0. The Morgan fingerprint density at radius 2 is 0.250 bits per heavy atom. The molecule has 0 radical (unpaired) electrons. The van der Waals surface area contributed by atoms with E-state index in [1.165, 1.54) is 118 Å². The molecule has 24 heteroatoms. The Labute approximate surface area is 455 Å². The third kappa shape index (κ3) is 93.5. The Morgan fingerprint density at radius 1 is 0.159 bits per heavy atom. The molecule has 2 aliphatic heterocycles. The van der Waals surface area contributed by atoms with Crippen LogP contribution in [0.2, 0.25) is 0 Å². The summed E-state index contributed by atoms with van der Waals surface area (Å²) in [6.45, 7) is 0. The van der Waals surface area contributed by atoms with E-state index >= 15 is 0 Å². The van der Waals surface area contributed by atoms with E-state index in [2.05, 4.69) is 94.1 Å². The van der Waals surface area contributed by atoms with E-state index in [4.69, 9.17) is 0 Å². The van der Waals surface area contributed by atoms with Gasteiger partial charge in [0.15, 0.2) is 0 Å². The first-order valence-corrected chi connectivity index (χ1v) is 19.9. The van der Waals surface area contributed by atoms with Gasteiger partial charge in [0.05, 0.1) is 0 Å². The van der Waals surface area contributed by atoms with Crippen LogP contribution in [0, 0.1) is 0 Å². The predicted molar refractivity (Wildman–Crippen MR) is 180 cm³/mol. The Bertz CT molecular complexity index is 213. The predicted octanol–water partition coefficient (Wildman–Crippen LogP) is -30.0. The van der Waals surface area contributed by atoms with Crippen molar-refractivity contribution in [1.82, 2.24) is 0 Å². The largest absolute Gasteiger partial charge is 3.00 e. The van der Waals surface area contributed by atoms with Gasteiger partial charge in [-0.3, -0.25) is 0 Å². The Morgan fingerprint density at radius 3 is 0.341 bits per heavy atom. The molecule has 0 spiro atoms. The fourth-order valence-corrected chi connectivity index (χ4v) is 11.3. The smallest absolute Gasteiger partial charge is 1.00 e. The summed E-state index contributed by atoms with van der Waals surface area (Å²) in [5.41, 5.74) is 0. The molecule has 2 fully saturated rings. The fourth-order valence-electron chi connectivity index (χ4n) is 2.34. The molecular formula is C20H40Cl12In4S8. The molecule has 2 saturated heterocycles. The van der Waals surface area contributed by atoms with Gasteiger partial charge in [-0.2, -0.15) is 94.1 Å². The maximum absolute atomic E-state index is 2.14. The van der Waals surface area contributed by atoms with Gasteiger partial charge in [-0.25, -0.2) is 0 Å². The first kappa shape index (κ1) is 105. The van der Waals surface area contributed by atoms with Crippen molar-refractivity contribution in [1.29, 1.82) is 0 Å². The van der Waals surface area contributed by atoms with Crippen molar-refractivity contribution >= 4 is 197 Å². The van der Waals surface area contributed by atoms with Crippen molar-refractivity contribution in [2.75, 3.05) is 92.0 Å². The average molecular weight is 1420 g/mol. The van der Waals surface area contributed by atoms with Crippen LogP contribution < -0.4 is 149 Å². The molecule has 0 aromatic heterocycles. The van der Waals surface area contributed by atoms with Crippen LogP contribution in [0.15, 0.2) is 0 Å². The Hall–Kier alpha value is 9.76. The van der Waals surface area contributed by atoms with E-state index in [1.54, 1.807) is 0 Å². The first-order chi connectivity index (χ1) is 14.0. The minimum Gasteiger partial charge on any atom is -1.00 e. The number of halogens is 12. The molecular weight excluding hydrogens is 1380 g/mol. The minimum absolute atomic E-state index is 0. The zero-order valence-electron chi connectivity index (χ0n) is 24.3. The summed E-state index contributed by atoms with van der Waals surface area (Å²) in [7, 11) is 0. The van der Waals surface area contributed by atoms with E-state index in [1.807, 2.05) is 0 Å². The summed E-state index contributed by atoms with van der Waals surface area (Å²) in [4.78, 5) is 0. The second-order valence-electron chi connectivity index (χ2n) is 6.31. The van der Waals surface area contributed by atoms with Crippen LogP contribution in [-0.4, -0.2) is 195 Å². The molecule has 0 aliphatic carbocycles. The standard InChI is InChI=1S/2C10H20S4.12ClH.4In/c2*1-3-11-7-9-13-5-2-6-14-10-8-12-4-1;;;;;;;;;;;;;;;;/h2*1-10H2;12*1H;;;;/q;;;;;;;;;;;;;;4*+3/p-12. The summed E-state index contributed by atoms with van der Waals surface area (Å²) in [5, 5.41) is 0. The maximum Gasteiger partial charge on any atom is 3.00 e. The molecule has 0 atom stereocenters. The van der Waals surface area contributed by atoms with Gasteiger partial charge in [0, 0.05) is 46.0 Å². The van der Waals surface area contributed by atoms with Gasteiger partial charge in [-0.1, -0.05) is 0 Å². The molecule has 0 nitrogen and oxygen atoms in total. The molecule has 0 bridgehead atoms. The average Bonchev–Trinajstić information content (AvgIpc) is 2.72. The van der Waals surface area contributed by atoms with Crippen LogP contribution in [0.5, 0.6) is 0 Å². The minimum atomic E-state index is 0. The molecule has 0 N–H and O–H groups in total. The Kier molecular flexibility index (Phi) is 236. The van der Waals surface area contributed by atoms with E-state index in [9.17, 15) is 0 Å². The van der Waals surface area contributed by atoms with Gasteiger partial charge >= 0.3 is 103 Å². The van der Waals surface area contributed by atoms with Gasteiger partial charge < -0.3 is 149 Å². The molecule has 2 aliphatic rings. The van der Waals surface area contributed by atoms with E-state index < -0.39 is 0 Å². The summed E-state index contributed by atoms with van der Waals surface area (Å²) in [6, 6.07) is 0. The zero-order valence-corrected chi connectivity index (χ0v) is 53.0. The van der Waals surface area contributed by atoms with Gasteiger partial charge in [-0.05, 0) is 71.7 Å². The molecule has 264 valence electrons. The van der Waals surface area contributed by atoms with Crippen LogP contribution in [0.4, 0.5) is 0 Å². The van der Waals surface area contributed by atoms with Crippen molar-refractivity contribution in [2.24, 2.45) is 0 Å². The number of hydrogen-bond acceptors (Lipinski definition) is 8. The normalized spacial score (nSPS) is 15.3. The quantitative estimate of drug-likeness (QED) is 0.232. The SMILES string of the molecule is C1CSCCSCCCSCCSC1.C1CSCCSCCCSCCSC1.[Cl-].[Cl-].[Cl-].[Cl-].[Cl-].[Cl-].[Cl-].[Cl-].[Cl-].[Cl-].[Cl-].[Cl-].[In+3].[In+3].[In+3].[In+3]. The van der Waals surface area contributed by atoms with Crippen molar-refractivity contribution < 1.29 is 149 Å². The molecule has 44 heavy (non-hydrogen) atoms. The zero-order chi connectivity index (χ0) is 19.8. The van der Waals surface area contributed by atoms with Crippen LogP contribution in [0.1, 0.15) is 25.7 Å². The third-order valence-corrected chi connectivity index (χ3v) is 13.4. The van der Waals surface area contributed by atoms with Crippen molar-refractivity contribution in [2.45, 2.75) is 25.7 Å². The van der Waals surface area contributed by atoms with Gasteiger partial charge in [0.1, 0.15) is 0 Å². The van der Waals surface area contributed by atoms with Crippen molar-refractivity contribution in [3.63, 3.8) is 0 Å². The van der Waals surface area contributed by atoms with Crippen LogP contribution in [-0.2, 0) is 0 Å². The summed E-state index contributed by atoms with van der Waals surface area (Å²) in [5.74, 6) is 21.9. The van der Waals surface area contributed by atoms with E-state index in [0.717, 1.165) is 0 Å². The van der Waals surface area contributed by atoms with E-state index in [-0.39, 0.29) is 252 Å². The molecule has 0 unspecified atom stereocenters. The third-order valence-electron chi connectivity index (χ3n) is 3.80. The van der Waals surface area contributed by atoms with Crippen LogP contribution in [0.3, 0.4) is 0 Å². The van der Waals surface area contributed by atoms with Gasteiger partial charge in [0.2, 0.25) is 0 Å². The molecule has 0 amide bonds. The Balaban J connectivity index is -0.0000000187. The van der Waals surface area contributed by atoms with E-state index in [0.29, 0.717) is 0 Å². The summed E-state index contributed by atoms with van der Waals surface area (Å²) < 4.78 is 0. The molecule has 0 aromatic carbocycles.